The van der Waals surface area contributed by atoms with Gasteiger partial charge in [-0.1, -0.05) is 36.4 Å². The van der Waals surface area contributed by atoms with Crippen LogP contribution in [-0.4, -0.2) is 73.4 Å². The number of carboxylic acids is 1. The lowest BCUT2D eigenvalue weighted by molar-refractivity contribution is -0.136. The first-order valence-electron chi connectivity index (χ1n) is 13.0. The van der Waals surface area contributed by atoms with Crippen molar-refractivity contribution in [2.24, 2.45) is 0 Å². The van der Waals surface area contributed by atoms with Crippen LogP contribution < -0.4 is 11.2 Å². The van der Waals surface area contributed by atoms with Crippen molar-refractivity contribution < 1.29 is 61.5 Å². The summed E-state index contributed by atoms with van der Waals surface area (Å²) in [7, 11) is -10.3. The summed E-state index contributed by atoms with van der Waals surface area (Å²) >= 11 is 0. The number of nitrogens with zero attached hydrogens (tertiary/aromatic N) is 1. The van der Waals surface area contributed by atoms with E-state index < -0.39 is 88.3 Å². The molecule has 0 spiro atoms. The largest absolute Gasteiger partial charge is 0.481 e. The lowest BCUT2D eigenvalue weighted by atomic mass is 10.1. The van der Waals surface area contributed by atoms with E-state index >= 15 is 0 Å². The van der Waals surface area contributed by atoms with Crippen LogP contribution in [0.15, 0.2) is 82.5 Å². The number of phosphoric ester groups is 1. The third-order valence-electron chi connectivity index (χ3n) is 6.16. The van der Waals surface area contributed by atoms with Gasteiger partial charge in [-0.25, -0.2) is 23.3 Å². The highest BCUT2D eigenvalue weighted by molar-refractivity contribution is 7.64. The number of H-pyrrole nitrogens is 1. The maximum atomic E-state index is 13.1. The zero-order valence-electron chi connectivity index (χ0n) is 22.9. The number of phosphoric acid groups is 1. The first-order chi connectivity index (χ1) is 21.2. The van der Waals surface area contributed by atoms with Gasteiger partial charge in [-0.3, -0.25) is 28.2 Å². The molecule has 3 unspecified atom stereocenters. The van der Waals surface area contributed by atoms with Crippen LogP contribution in [0.3, 0.4) is 0 Å². The van der Waals surface area contributed by atoms with Crippen LogP contribution in [0, 0.1) is 0 Å². The van der Waals surface area contributed by atoms with Crippen LogP contribution in [0.4, 0.5) is 0 Å². The fourth-order valence-corrected chi connectivity index (χ4v) is 6.74. The van der Waals surface area contributed by atoms with Crippen molar-refractivity contribution in [3.8, 4) is 0 Å². The molecule has 45 heavy (non-hydrogen) atoms. The Hall–Kier alpha value is -4.21. The number of aliphatic carboxylic acids is 1. The van der Waals surface area contributed by atoms with Gasteiger partial charge in [0.15, 0.2) is 18.4 Å². The third kappa shape index (κ3) is 9.15. The van der Waals surface area contributed by atoms with Gasteiger partial charge >= 0.3 is 39.0 Å². The number of ether oxygens (including phenoxy) is 3. The van der Waals surface area contributed by atoms with Crippen molar-refractivity contribution in [3.05, 3.63) is 105 Å². The van der Waals surface area contributed by atoms with Crippen molar-refractivity contribution in [2.45, 2.75) is 31.0 Å². The predicted molar refractivity (Wildman–Crippen MR) is 150 cm³/mol. The van der Waals surface area contributed by atoms with Gasteiger partial charge in [-0.05, 0) is 24.3 Å². The van der Waals surface area contributed by atoms with Crippen LogP contribution in [0.1, 0.15) is 33.4 Å². The smallest absolute Gasteiger partial charge is 0.479 e. The van der Waals surface area contributed by atoms with Crippen molar-refractivity contribution in [1.29, 1.82) is 0 Å². The van der Waals surface area contributed by atoms with Gasteiger partial charge in [0.2, 0.25) is 0 Å². The van der Waals surface area contributed by atoms with Crippen LogP contribution in [0.25, 0.3) is 0 Å². The summed E-state index contributed by atoms with van der Waals surface area (Å²) < 4.78 is 51.8. The number of aromatic amines is 1. The van der Waals surface area contributed by atoms with E-state index in [4.69, 9.17) is 23.8 Å². The Morgan fingerprint density at radius 1 is 0.867 bits per heavy atom. The molecule has 1 aliphatic rings. The monoisotopic (exact) mass is 668 g/mol. The minimum atomic E-state index is -5.40. The Balaban J connectivity index is 1.68. The zero-order valence-corrected chi connectivity index (χ0v) is 24.7. The van der Waals surface area contributed by atoms with Crippen LogP contribution >= 0.6 is 15.4 Å². The summed E-state index contributed by atoms with van der Waals surface area (Å²) in [6.45, 7) is -1.01. The molecule has 4 rings (SSSR count). The van der Waals surface area contributed by atoms with E-state index in [0.717, 1.165) is 16.8 Å². The van der Waals surface area contributed by atoms with E-state index in [0.29, 0.717) is 0 Å². The maximum Gasteiger partial charge on any atom is 0.479 e. The highest BCUT2D eigenvalue weighted by Gasteiger charge is 2.52. The van der Waals surface area contributed by atoms with E-state index in [1.54, 1.807) is 24.3 Å². The second-order valence-electron chi connectivity index (χ2n) is 9.41. The fraction of sp³-hybridized carbons (Fsp3) is 0.269. The summed E-state index contributed by atoms with van der Waals surface area (Å²) in [6.07, 6.45) is -7.36. The molecule has 17 nitrogen and oxygen atoms in total. The van der Waals surface area contributed by atoms with Crippen LogP contribution in [0.5, 0.6) is 0 Å². The molecule has 6 atom stereocenters. The first kappa shape index (κ1) is 33.7. The van der Waals surface area contributed by atoms with Gasteiger partial charge in [-0.15, -0.1) is 0 Å². The average molecular weight is 668 g/mol. The Labute approximate surface area is 253 Å². The van der Waals surface area contributed by atoms with Crippen molar-refractivity contribution in [3.63, 3.8) is 0 Å². The second kappa shape index (κ2) is 14.3. The molecule has 1 saturated heterocycles. The molecule has 2 heterocycles. The third-order valence-corrected chi connectivity index (χ3v) is 9.27. The number of esters is 2. The molecule has 1 fully saturated rings. The molecule has 0 saturated carbocycles. The molecule has 1 aliphatic heterocycles. The second-order valence-corrected chi connectivity index (χ2v) is 13.0. The summed E-state index contributed by atoms with van der Waals surface area (Å²) in [4.78, 5) is 83.3. The summed E-state index contributed by atoms with van der Waals surface area (Å²) in [6, 6.07) is 16.0. The van der Waals surface area contributed by atoms with Gasteiger partial charge in [-0.2, -0.15) is 0 Å². The highest BCUT2D eigenvalue weighted by Crippen LogP contribution is 2.60. The van der Waals surface area contributed by atoms with E-state index in [1.807, 2.05) is 4.98 Å². The molecule has 1 aromatic heterocycles. The van der Waals surface area contributed by atoms with E-state index in [-0.39, 0.29) is 11.1 Å². The highest BCUT2D eigenvalue weighted by atomic mass is 31.3. The van der Waals surface area contributed by atoms with Crippen LogP contribution in [-0.2, 0) is 37.0 Å². The molecular weight excluding hydrogens is 642 g/mol. The lowest BCUT2D eigenvalue weighted by Crippen LogP contribution is -2.42. The SMILES string of the molecule is O=C(O)CCP(=O)(O)OP(=O)(O)OC[C@H]1O[C@@H](n2ccc(=O)[nH]c2=O)C(OC(=O)c2ccccc2)[C@H]1OC(=O)c1ccccc1. The normalized spacial score (nSPS) is 22.1. The number of benzene rings is 2. The summed E-state index contributed by atoms with van der Waals surface area (Å²) in [5, 5.41) is 8.73. The van der Waals surface area contributed by atoms with E-state index in [9.17, 15) is 42.9 Å². The lowest BCUT2D eigenvalue weighted by Gasteiger charge is -2.25. The van der Waals surface area contributed by atoms with Gasteiger partial charge in [0.1, 0.15) is 6.10 Å². The minimum absolute atomic E-state index is 0.0470. The summed E-state index contributed by atoms with van der Waals surface area (Å²) in [5.74, 6) is -3.37. The molecule has 4 N–H and O–H groups in total. The molecule has 240 valence electrons. The molecule has 0 radical (unpaired) electrons. The number of carboxylic acid groups (broad SMARTS) is 1. The molecular formula is C26H26N2O15P2. The number of rotatable bonds is 13. The van der Waals surface area contributed by atoms with Gasteiger partial charge < -0.3 is 29.1 Å². The number of carbonyl (C=O) groups excluding carboxylic acids is 2. The van der Waals surface area contributed by atoms with Crippen molar-refractivity contribution >= 4 is 33.3 Å². The first-order valence-corrected chi connectivity index (χ1v) is 16.2. The Morgan fingerprint density at radius 3 is 1.96 bits per heavy atom. The van der Waals surface area contributed by atoms with Crippen LogP contribution in [0.2, 0.25) is 0 Å². The molecule has 0 bridgehead atoms. The Bertz CT molecular complexity index is 1740. The number of aromatic nitrogens is 2. The van der Waals surface area contributed by atoms with Crippen molar-refractivity contribution in [2.75, 3.05) is 12.8 Å². The standard InChI is InChI=1S/C26H26N2O15P2/c29-19-11-13-28(26(34)27-19)23-22(42-25(33)17-9-5-2-6-10-17)21(41-24(32)16-7-3-1-4-8-16)18(40-23)15-39-45(37,38)43-44(35,36)14-12-20(30)31/h1-11,13,18,21-23H,12,14-15H2,(H,30,31)(H,35,36)(H,37,38)(H,27,29,34)/t18-,21+,22?,23-/m1/s1. The van der Waals surface area contributed by atoms with E-state index in [2.05, 4.69) is 4.31 Å². The van der Waals surface area contributed by atoms with E-state index in [1.165, 1.54) is 36.4 Å². The molecule has 19 heteroatoms. The van der Waals surface area contributed by atoms with Crippen molar-refractivity contribution in [1.82, 2.24) is 9.55 Å². The number of hydrogen-bond donors (Lipinski definition) is 4. The molecule has 2 aromatic carbocycles. The number of hydrogen-bond acceptors (Lipinski definition) is 12. The van der Waals surface area contributed by atoms with Gasteiger partial charge in [0, 0.05) is 12.3 Å². The van der Waals surface area contributed by atoms with Gasteiger partial charge in [0.25, 0.3) is 5.56 Å². The fourth-order valence-electron chi connectivity index (χ4n) is 4.12. The number of nitrogens with one attached hydrogen (secondary N) is 1. The Kier molecular flexibility index (Phi) is 10.7. The molecule has 0 aliphatic carbocycles. The minimum Gasteiger partial charge on any atom is -0.481 e. The number of carbonyl (C=O) groups is 3. The predicted octanol–water partition coefficient (Wildman–Crippen LogP) is 1.68. The summed E-state index contributed by atoms with van der Waals surface area (Å²) in [5.41, 5.74) is -1.68. The average Bonchev–Trinajstić information content (AvgIpc) is 3.31. The quantitative estimate of drug-likeness (QED) is 0.149. The maximum absolute atomic E-state index is 13.1. The van der Waals surface area contributed by atoms with Gasteiger partial charge in [0.05, 0.1) is 30.3 Å². The Morgan fingerprint density at radius 2 is 1.42 bits per heavy atom. The molecule has 3 aromatic rings. The topological polar surface area (TPSA) is 247 Å². The molecule has 0 amide bonds. The zero-order chi connectivity index (χ0) is 32.8.